The summed E-state index contributed by atoms with van der Waals surface area (Å²) in [5.74, 6) is -0.293. The number of ether oxygens (including phenoxy) is 1. The van der Waals surface area contributed by atoms with Crippen molar-refractivity contribution in [1.29, 1.82) is 0 Å². The summed E-state index contributed by atoms with van der Waals surface area (Å²) in [6.07, 6.45) is 1.78. The molecule has 1 aromatic heterocycles. The number of rotatable bonds is 5. The lowest BCUT2D eigenvalue weighted by Crippen LogP contribution is -2.57. The number of benzene rings is 1. The number of aromatic nitrogens is 1. The third-order valence-corrected chi connectivity index (χ3v) is 4.29. The van der Waals surface area contributed by atoms with Crippen LogP contribution in [0.4, 0.5) is 4.39 Å². The van der Waals surface area contributed by atoms with Gasteiger partial charge in [0.15, 0.2) is 12.3 Å². The zero-order chi connectivity index (χ0) is 18.7. The van der Waals surface area contributed by atoms with Crippen molar-refractivity contribution in [3.8, 4) is 5.75 Å². The van der Waals surface area contributed by atoms with Crippen LogP contribution in [0.2, 0.25) is 0 Å². The summed E-state index contributed by atoms with van der Waals surface area (Å²) in [6, 6.07) is 5.21. The summed E-state index contributed by atoms with van der Waals surface area (Å²) < 4.78 is 23.8. The number of nitrogens with zero attached hydrogens (tertiary/aromatic N) is 3. The SMILES string of the molecule is CC[C@H]1C(=O)N(C)CCN1C(=O)c1coc(COc2cccc(F)c2)n1. The second kappa shape index (κ2) is 7.55. The Hall–Kier alpha value is -2.90. The molecule has 1 aliphatic rings. The molecule has 1 atom stereocenters. The Morgan fingerprint density at radius 3 is 2.96 bits per heavy atom. The van der Waals surface area contributed by atoms with Crippen molar-refractivity contribution in [2.45, 2.75) is 26.0 Å². The third-order valence-electron chi connectivity index (χ3n) is 4.29. The molecule has 1 fully saturated rings. The molecule has 0 bridgehead atoms. The van der Waals surface area contributed by atoms with Crippen LogP contribution >= 0.6 is 0 Å². The Labute approximate surface area is 150 Å². The molecule has 0 radical (unpaired) electrons. The highest BCUT2D eigenvalue weighted by Gasteiger charge is 2.36. The van der Waals surface area contributed by atoms with Crippen molar-refractivity contribution in [2.24, 2.45) is 0 Å². The predicted octanol–water partition coefficient (Wildman–Crippen LogP) is 2.09. The van der Waals surface area contributed by atoms with Crippen LogP contribution in [0, 0.1) is 5.82 Å². The second-order valence-electron chi connectivity index (χ2n) is 6.05. The molecule has 8 heteroatoms. The molecule has 0 unspecified atom stereocenters. The van der Waals surface area contributed by atoms with E-state index in [0.717, 1.165) is 0 Å². The van der Waals surface area contributed by atoms with Crippen LogP contribution in [0.3, 0.4) is 0 Å². The molecule has 1 aromatic carbocycles. The fourth-order valence-electron chi connectivity index (χ4n) is 2.87. The molecular weight excluding hydrogens is 341 g/mol. The Bertz CT molecular complexity index is 807. The summed E-state index contributed by atoms with van der Waals surface area (Å²) in [6.45, 7) is 2.76. The van der Waals surface area contributed by atoms with Crippen molar-refractivity contribution >= 4 is 11.8 Å². The van der Waals surface area contributed by atoms with Gasteiger partial charge in [0.2, 0.25) is 11.8 Å². The first kappa shape index (κ1) is 17.9. The Morgan fingerprint density at radius 2 is 2.23 bits per heavy atom. The Morgan fingerprint density at radius 1 is 1.42 bits per heavy atom. The monoisotopic (exact) mass is 361 g/mol. The fraction of sp³-hybridized carbons (Fsp3) is 0.389. The molecule has 0 aliphatic carbocycles. The van der Waals surface area contributed by atoms with E-state index in [1.165, 1.54) is 29.4 Å². The minimum Gasteiger partial charge on any atom is -0.484 e. The van der Waals surface area contributed by atoms with E-state index in [4.69, 9.17) is 9.15 Å². The van der Waals surface area contributed by atoms with Crippen molar-refractivity contribution in [2.75, 3.05) is 20.1 Å². The van der Waals surface area contributed by atoms with Gasteiger partial charge in [-0.15, -0.1) is 0 Å². The average Bonchev–Trinajstić information content (AvgIpc) is 3.10. The van der Waals surface area contributed by atoms with E-state index in [1.54, 1.807) is 18.0 Å². The lowest BCUT2D eigenvalue weighted by atomic mass is 10.1. The molecule has 1 aliphatic heterocycles. The minimum absolute atomic E-state index is 0.0321. The molecule has 1 saturated heterocycles. The van der Waals surface area contributed by atoms with Gasteiger partial charge in [-0.1, -0.05) is 13.0 Å². The first-order chi connectivity index (χ1) is 12.5. The van der Waals surface area contributed by atoms with E-state index in [1.807, 2.05) is 6.92 Å². The van der Waals surface area contributed by atoms with Crippen molar-refractivity contribution in [1.82, 2.24) is 14.8 Å². The highest BCUT2D eigenvalue weighted by molar-refractivity contribution is 5.96. The number of carbonyl (C=O) groups excluding carboxylic acids is 2. The average molecular weight is 361 g/mol. The number of oxazole rings is 1. The van der Waals surface area contributed by atoms with E-state index in [-0.39, 0.29) is 30.0 Å². The third kappa shape index (κ3) is 3.68. The highest BCUT2D eigenvalue weighted by atomic mass is 19.1. The molecule has 0 saturated carbocycles. The number of likely N-dealkylation sites (N-methyl/N-ethyl adjacent to an activating group) is 1. The summed E-state index contributed by atoms with van der Waals surface area (Å²) in [7, 11) is 1.73. The van der Waals surface area contributed by atoms with E-state index < -0.39 is 11.9 Å². The fourth-order valence-corrected chi connectivity index (χ4v) is 2.87. The lowest BCUT2D eigenvalue weighted by Gasteiger charge is -2.38. The van der Waals surface area contributed by atoms with Gasteiger partial charge in [0, 0.05) is 26.2 Å². The molecular formula is C18H20FN3O4. The Balaban J connectivity index is 1.67. The molecule has 0 N–H and O–H groups in total. The van der Waals surface area contributed by atoms with Crippen LogP contribution in [0.25, 0.3) is 0 Å². The van der Waals surface area contributed by atoms with Crippen LogP contribution in [-0.4, -0.2) is 52.8 Å². The molecule has 138 valence electrons. The normalized spacial score (nSPS) is 17.5. The van der Waals surface area contributed by atoms with Crippen LogP contribution in [-0.2, 0) is 11.4 Å². The number of hydrogen-bond acceptors (Lipinski definition) is 5. The first-order valence-corrected chi connectivity index (χ1v) is 8.38. The topological polar surface area (TPSA) is 75.9 Å². The van der Waals surface area contributed by atoms with Crippen LogP contribution < -0.4 is 4.74 Å². The smallest absolute Gasteiger partial charge is 0.276 e. The zero-order valence-electron chi connectivity index (χ0n) is 14.6. The van der Waals surface area contributed by atoms with Gasteiger partial charge in [0.1, 0.15) is 23.9 Å². The van der Waals surface area contributed by atoms with E-state index in [2.05, 4.69) is 4.98 Å². The van der Waals surface area contributed by atoms with E-state index in [0.29, 0.717) is 25.3 Å². The summed E-state index contributed by atoms with van der Waals surface area (Å²) in [5, 5.41) is 0. The molecule has 7 nitrogen and oxygen atoms in total. The predicted molar refractivity (Wildman–Crippen MR) is 90.0 cm³/mol. The number of piperazine rings is 1. The quantitative estimate of drug-likeness (QED) is 0.815. The molecule has 2 amide bonds. The van der Waals surface area contributed by atoms with Crippen LogP contribution in [0.5, 0.6) is 5.75 Å². The van der Waals surface area contributed by atoms with E-state index in [9.17, 15) is 14.0 Å². The molecule has 2 heterocycles. The standard InChI is InChI=1S/C18H20FN3O4/c1-3-15-18(24)21(2)7-8-22(15)17(23)14-10-26-16(20-14)11-25-13-6-4-5-12(19)9-13/h4-6,9-10,15H,3,7-8,11H2,1-2H3/t15-/m0/s1. The number of amides is 2. The molecule has 3 rings (SSSR count). The van der Waals surface area contributed by atoms with Crippen LogP contribution in [0.1, 0.15) is 29.7 Å². The summed E-state index contributed by atoms with van der Waals surface area (Å²) in [5.41, 5.74) is 0.124. The van der Waals surface area contributed by atoms with Gasteiger partial charge in [-0.3, -0.25) is 9.59 Å². The Kier molecular flexibility index (Phi) is 5.20. The number of carbonyl (C=O) groups is 2. The van der Waals surface area contributed by atoms with Gasteiger partial charge in [0.25, 0.3) is 5.91 Å². The minimum atomic E-state index is -0.495. The van der Waals surface area contributed by atoms with Gasteiger partial charge >= 0.3 is 0 Å². The maximum Gasteiger partial charge on any atom is 0.276 e. The van der Waals surface area contributed by atoms with Gasteiger partial charge in [-0.2, -0.15) is 0 Å². The van der Waals surface area contributed by atoms with Gasteiger partial charge in [0.05, 0.1) is 0 Å². The van der Waals surface area contributed by atoms with Crippen molar-refractivity contribution in [3.63, 3.8) is 0 Å². The van der Waals surface area contributed by atoms with Gasteiger partial charge in [-0.05, 0) is 18.6 Å². The summed E-state index contributed by atoms with van der Waals surface area (Å²) >= 11 is 0. The van der Waals surface area contributed by atoms with Crippen molar-refractivity contribution < 1.29 is 23.1 Å². The van der Waals surface area contributed by atoms with E-state index >= 15 is 0 Å². The molecule has 2 aromatic rings. The van der Waals surface area contributed by atoms with Crippen molar-refractivity contribution in [3.05, 3.63) is 47.9 Å². The summed E-state index contributed by atoms with van der Waals surface area (Å²) in [4.78, 5) is 32.2. The lowest BCUT2D eigenvalue weighted by molar-refractivity contribution is -0.138. The maximum atomic E-state index is 13.1. The maximum absolute atomic E-state index is 13.1. The van der Waals surface area contributed by atoms with Gasteiger partial charge in [-0.25, -0.2) is 9.37 Å². The highest BCUT2D eigenvalue weighted by Crippen LogP contribution is 2.18. The van der Waals surface area contributed by atoms with Gasteiger partial charge < -0.3 is 19.0 Å². The number of hydrogen-bond donors (Lipinski definition) is 0. The molecule has 0 spiro atoms. The zero-order valence-corrected chi connectivity index (χ0v) is 14.6. The number of halogens is 1. The second-order valence-corrected chi connectivity index (χ2v) is 6.05. The van der Waals surface area contributed by atoms with Crippen LogP contribution in [0.15, 0.2) is 34.9 Å². The largest absolute Gasteiger partial charge is 0.484 e. The first-order valence-electron chi connectivity index (χ1n) is 8.38. The molecule has 26 heavy (non-hydrogen) atoms.